The molecule has 0 aliphatic carbocycles. The van der Waals surface area contributed by atoms with E-state index in [0.29, 0.717) is 0 Å². The molecule has 0 saturated heterocycles. The number of methoxy groups -OCH3 is 1. The molecule has 0 atom stereocenters. The maximum atomic E-state index is 12.8. The summed E-state index contributed by atoms with van der Waals surface area (Å²) in [6, 6.07) is 0. The average Bonchev–Trinajstić information content (AvgIpc) is 2.12. The lowest BCUT2D eigenvalue weighted by atomic mass is 9.79. The molecule has 0 heterocycles. The van der Waals surface area contributed by atoms with Crippen LogP contribution in [-0.4, -0.2) is 24.3 Å². The highest BCUT2D eigenvalue weighted by Gasteiger charge is 2.22. The van der Waals surface area contributed by atoms with Crippen LogP contribution in [0.3, 0.4) is 0 Å². The van der Waals surface area contributed by atoms with Crippen molar-refractivity contribution in [3.63, 3.8) is 0 Å². The van der Waals surface area contributed by atoms with Crippen LogP contribution in [0.5, 0.6) is 0 Å². The van der Waals surface area contributed by atoms with Crippen molar-refractivity contribution in [2.24, 2.45) is 0 Å². The Kier molecular flexibility index (Phi) is 4.37. The van der Waals surface area contributed by atoms with E-state index in [9.17, 15) is 8.78 Å². The van der Waals surface area contributed by atoms with E-state index in [4.69, 9.17) is 10.0 Å². The third-order valence-corrected chi connectivity index (χ3v) is 1.28. The molecule has 3 nitrogen and oxygen atoms in total. The molecule has 0 aromatic heterocycles. The van der Waals surface area contributed by atoms with E-state index < -0.39 is 30.0 Å². The maximum Gasteiger partial charge on any atom is 0.490 e. The standard InChI is InChI=1S/C7H9BF2O3/c1-4(8(11)12)6(9)7(10)5(2)13-3/h11-12H,1-2H2,3H3/b7-6-. The molecule has 0 amide bonds. The summed E-state index contributed by atoms with van der Waals surface area (Å²) in [5.41, 5.74) is -0.782. The fourth-order valence-corrected chi connectivity index (χ4v) is 0.466. The summed E-state index contributed by atoms with van der Waals surface area (Å²) in [7, 11) is -1.04. The van der Waals surface area contributed by atoms with Gasteiger partial charge in [0.25, 0.3) is 0 Å². The van der Waals surface area contributed by atoms with Gasteiger partial charge in [0.2, 0.25) is 0 Å². The van der Waals surface area contributed by atoms with E-state index in [1.54, 1.807) is 0 Å². The minimum absolute atomic E-state index is 0.542. The van der Waals surface area contributed by atoms with Crippen molar-refractivity contribution in [3.8, 4) is 0 Å². The molecule has 72 valence electrons. The molecule has 2 N–H and O–H groups in total. The third kappa shape index (κ3) is 3.00. The van der Waals surface area contributed by atoms with Gasteiger partial charge in [0.15, 0.2) is 11.7 Å². The van der Waals surface area contributed by atoms with Crippen LogP contribution in [0, 0.1) is 0 Å². The summed E-state index contributed by atoms with van der Waals surface area (Å²) in [5.74, 6) is -3.43. The molecule has 13 heavy (non-hydrogen) atoms. The van der Waals surface area contributed by atoms with Gasteiger partial charge in [-0.2, -0.15) is 4.39 Å². The van der Waals surface area contributed by atoms with Crippen LogP contribution in [0.15, 0.2) is 36.0 Å². The maximum absolute atomic E-state index is 12.8. The molecule has 0 unspecified atom stereocenters. The molecule has 0 spiro atoms. The van der Waals surface area contributed by atoms with Crippen molar-refractivity contribution in [1.29, 1.82) is 0 Å². The lowest BCUT2D eigenvalue weighted by molar-refractivity contribution is 0.281. The van der Waals surface area contributed by atoms with Gasteiger partial charge in [-0.05, 0) is 0 Å². The van der Waals surface area contributed by atoms with Gasteiger partial charge in [0.05, 0.1) is 7.11 Å². The summed E-state index contributed by atoms with van der Waals surface area (Å²) in [6.07, 6.45) is 0. The Morgan fingerprint density at radius 3 is 2.00 bits per heavy atom. The molecule has 0 aliphatic rings. The Labute approximate surface area is 74.8 Å². The molecule has 0 rings (SSSR count). The highest BCUT2D eigenvalue weighted by atomic mass is 19.2. The minimum Gasteiger partial charge on any atom is -0.494 e. The molecule has 0 aliphatic heterocycles. The van der Waals surface area contributed by atoms with Gasteiger partial charge in [-0.3, -0.25) is 0 Å². The van der Waals surface area contributed by atoms with Crippen LogP contribution < -0.4 is 0 Å². The number of allylic oxidation sites excluding steroid dienone is 3. The summed E-state index contributed by atoms with van der Waals surface area (Å²) in [6.45, 7) is 5.96. The van der Waals surface area contributed by atoms with Crippen LogP contribution in [-0.2, 0) is 4.74 Å². The predicted octanol–water partition coefficient (Wildman–Crippen LogP) is 0.865. The first kappa shape index (κ1) is 11.9. The normalized spacial score (nSPS) is 11.8. The zero-order chi connectivity index (χ0) is 10.6. The Balaban J connectivity index is 4.81. The quantitative estimate of drug-likeness (QED) is 0.392. The zero-order valence-electron chi connectivity index (χ0n) is 7.05. The molecular weight excluding hydrogens is 181 g/mol. The summed E-state index contributed by atoms with van der Waals surface area (Å²) in [4.78, 5) is 0. The number of hydrogen-bond acceptors (Lipinski definition) is 3. The fourth-order valence-electron chi connectivity index (χ4n) is 0.466. The number of ether oxygens (including phenoxy) is 1. The second-order valence-electron chi connectivity index (χ2n) is 2.15. The van der Waals surface area contributed by atoms with E-state index in [0.717, 1.165) is 7.11 Å². The Morgan fingerprint density at radius 1 is 1.23 bits per heavy atom. The molecule has 0 bridgehead atoms. The SMILES string of the molecule is C=C(OC)/C(F)=C(/F)C(=C)B(O)O. The summed E-state index contributed by atoms with van der Waals surface area (Å²) in [5, 5.41) is 16.9. The van der Waals surface area contributed by atoms with Crippen molar-refractivity contribution in [2.75, 3.05) is 7.11 Å². The summed E-state index contributed by atoms with van der Waals surface area (Å²) < 4.78 is 29.9. The highest BCUT2D eigenvalue weighted by molar-refractivity contribution is 6.51. The van der Waals surface area contributed by atoms with Crippen LogP contribution in [0.25, 0.3) is 0 Å². The first-order valence-corrected chi connectivity index (χ1v) is 3.25. The van der Waals surface area contributed by atoms with Gasteiger partial charge in [0, 0.05) is 5.47 Å². The third-order valence-electron chi connectivity index (χ3n) is 1.28. The van der Waals surface area contributed by atoms with Gasteiger partial charge in [-0.25, -0.2) is 4.39 Å². The van der Waals surface area contributed by atoms with E-state index in [2.05, 4.69) is 17.9 Å². The van der Waals surface area contributed by atoms with Crippen molar-refractivity contribution in [1.82, 2.24) is 0 Å². The van der Waals surface area contributed by atoms with Gasteiger partial charge in [-0.1, -0.05) is 13.2 Å². The van der Waals surface area contributed by atoms with Crippen molar-refractivity contribution < 1.29 is 23.6 Å². The lowest BCUT2D eigenvalue weighted by Crippen LogP contribution is -2.15. The van der Waals surface area contributed by atoms with E-state index in [-0.39, 0.29) is 0 Å². The second kappa shape index (κ2) is 4.79. The summed E-state index contributed by atoms with van der Waals surface area (Å²) >= 11 is 0. The van der Waals surface area contributed by atoms with E-state index >= 15 is 0 Å². The smallest absolute Gasteiger partial charge is 0.490 e. The van der Waals surface area contributed by atoms with Crippen LogP contribution in [0.4, 0.5) is 8.78 Å². The number of rotatable bonds is 4. The Morgan fingerprint density at radius 2 is 1.69 bits per heavy atom. The van der Waals surface area contributed by atoms with Crippen molar-refractivity contribution >= 4 is 7.12 Å². The van der Waals surface area contributed by atoms with E-state index in [1.165, 1.54) is 0 Å². The second-order valence-corrected chi connectivity index (χ2v) is 2.15. The number of halogens is 2. The van der Waals surface area contributed by atoms with Crippen molar-refractivity contribution in [3.05, 3.63) is 36.0 Å². The van der Waals surface area contributed by atoms with Crippen LogP contribution >= 0.6 is 0 Å². The van der Waals surface area contributed by atoms with E-state index in [1.807, 2.05) is 0 Å². The van der Waals surface area contributed by atoms with Gasteiger partial charge >= 0.3 is 7.12 Å². The molecular formula is C7H9BF2O3. The molecule has 0 radical (unpaired) electrons. The predicted molar refractivity (Wildman–Crippen MR) is 44.7 cm³/mol. The van der Waals surface area contributed by atoms with Crippen LogP contribution in [0.2, 0.25) is 0 Å². The number of hydrogen-bond donors (Lipinski definition) is 2. The van der Waals surface area contributed by atoms with Gasteiger partial charge < -0.3 is 14.8 Å². The largest absolute Gasteiger partial charge is 0.494 e. The molecule has 6 heteroatoms. The first-order chi connectivity index (χ1) is 5.91. The molecule has 0 aromatic rings. The Bertz CT molecular complexity index is 260. The average molecular weight is 190 g/mol. The van der Waals surface area contributed by atoms with Gasteiger partial charge in [-0.15, -0.1) is 0 Å². The molecule has 0 aromatic carbocycles. The fraction of sp³-hybridized carbons (Fsp3) is 0.143. The first-order valence-electron chi connectivity index (χ1n) is 3.25. The minimum atomic E-state index is -2.14. The van der Waals surface area contributed by atoms with Crippen LogP contribution in [0.1, 0.15) is 0 Å². The monoisotopic (exact) mass is 190 g/mol. The highest BCUT2D eigenvalue weighted by Crippen LogP contribution is 2.22. The van der Waals surface area contributed by atoms with Gasteiger partial charge in [0.1, 0.15) is 5.76 Å². The zero-order valence-corrected chi connectivity index (χ0v) is 7.05. The molecule has 0 fully saturated rings. The lowest BCUT2D eigenvalue weighted by Gasteiger charge is -2.04. The topological polar surface area (TPSA) is 49.7 Å². The van der Waals surface area contributed by atoms with Crippen molar-refractivity contribution in [2.45, 2.75) is 0 Å². The Hall–Kier alpha value is -1.14. The molecule has 0 saturated carbocycles.